The molecule has 0 saturated heterocycles. The molecule has 2 aromatic carbocycles. The van der Waals surface area contributed by atoms with Gasteiger partial charge in [-0.25, -0.2) is 0 Å². The number of methoxy groups -OCH3 is 1. The SMILES string of the molecule is COc1ccc(S[C@@H](C)C(=O)N[C@H]2CCCc3ccccc32)cc1. The van der Waals surface area contributed by atoms with E-state index in [4.69, 9.17) is 4.74 Å². The number of hydrogen-bond donors (Lipinski definition) is 1. The van der Waals surface area contributed by atoms with E-state index in [1.807, 2.05) is 31.2 Å². The number of carbonyl (C=O) groups excluding carboxylic acids is 1. The summed E-state index contributed by atoms with van der Waals surface area (Å²) < 4.78 is 5.17. The van der Waals surface area contributed by atoms with Crippen LogP contribution in [0.2, 0.25) is 0 Å². The van der Waals surface area contributed by atoms with Gasteiger partial charge in [-0.15, -0.1) is 11.8 Å². The summed E-state index contributed by atoms with van der Waals surface area (Å²) in [6.07, 6.45) is 3.25. The Morgan fingerprint density at radius 3 is 2.71 bits per heavy atom. The lowest BCUT2D eigenvalue weighted by molar-refractivity contribution is -0.121. The first kappa shape index (κ1) is 16.9. The second kappa shape index (κ2) is 7.75. The average Bonchev–Trinajstić information content (AvgIpc) is 2.62. The third-order valence-corrected chi connectivity index (χ3v) is 5.54. The Hall–Kier alpha value is -1.94. The van der Waals surface area contributed by atoms with Crippen molar-refractivity contribution in [1.29, 1.82) is 0 Å². The van der Waals surface area contributed by atoms with Gasteiger partial charge in [0.25, 0.3) is 0 Å². The first-order chi connectivity index (χ1) is 11.7. The minimum Gasteiger partial charge on any atom is -0.497 e. The number of thioether (sulfide) groups is 1. The van der Waals surface area contributed by atoms with Crippen LogP contribution in [0.15, 0.2) is 53.4 Å². The molecule has 1 aliphatic carbocycles. The summed E-state index contributed by atoms with van der Waals surface area (Å²) in [6.45, 7) is 1.96. The number of nitrogens with one attached hydrogen (secondary N) is 1. The molecule has 1 amide bonds. The predicted octanol–water partition coefficient (Wildman–Crippen LogP) is 4.37. The highest BCUT2D eigenvalue weighted by molar-refractivity contribution is 8.00. The molecule has 0 unspecified atom stereocenters. The topological polar surface area (TPSA) is 38.3 Å². The van der Waals surface area contributed by atoms with Crippen LogP contribution in [0, 0.1) is 0 Å². The zero-order valence-electron chi connectivity index (χ0n) is 14.1. The van der Waals surface area contributed by atoms with Crippen molar-refractivity contribution in [1.82, 2.24) is 5.32 Å². The lowest BCUT2D eigenvalue weighted by atomic mass is 9.88. The molecule has 0 heterocycles. The van der Waals surface area contributed by atoms with Crippen LogP contribution in [-0.2, 0) is 11.2 Å². The third kappa shape index (κ3) is 3.93. The molecule has 0 spiro atoms. The second-order valence-corrected chi connectivity index (χ2v) is 7.50. The summed E-state index contributed by atoms with van der Waals surface area (Å²) in [5.41, 5.74) is 2.64. The smallest absolute Gasteiger partial charge is 0.233 e. The number of fused-ring (bicyclic) bond motifs is 1. The second-order valence-electron chi connectivity index (χ2n) is 6.09. The highest BCUT2D eigenvalue weighted by Gasteiger charge is 2.23. The van der Waals surface area contributed by atoms with E-state index in [0.717, 1.165) is 29.9 Å². The molecule has 2 atom stereocenters. The van der Waals surface area contributed by atoms with E-state index in [2.05, 4.69) is 29.6 Å². The molecule has 1 N–H and O–H groups in total. The zero-order chi connectivity index (χ0) is 16.9. The van der Waals surface area contributed by atoms with Gasteiger partial charge in [0, 0.05) is 4.90 Å². The van der Waals surface area contributed by atoms with E-state index in [9.17, 15) is 4.79 Å². The Morgan fingerprint density at radius 1 is 1.21 bits per heavy atom. The first-order valence-corrected chi connectivity index (χ1v) is 9.24. The van der Waals surface area contributed by atoms with E-state index in [1.165, 1.54) is 11.1 Å². The maximum Gasteiger partial charge on any atom is 0.233 e. The van der Waals surface area contributed by atoms with Crippen LogP contribution in [0.5, 0.6) is 5.75 Å². The Bertz CT molecular complexity index is 699. The quantitative estimate of drug-likeness (QED) is 0.821. The van der Waals surface area contributed by atoms with Crippen LogP contribution in [0.25, 0.3) is 0 Å². The Labute approximate surface area is 147 Å². The van der Waals surface area contributed by atoms with Gasteiger partial charge >= 0.3 is 0 Å². The molecular weight excluding hydrogens is 318 g/mol. The molecule has 0 saturated carbocycles. The van der Waals surface area contributed by atoms with Crippen molar-refractivity contribution in [2.45, 2.75) is 42.4 Å². The number of ether oxygens (including phenoxy) is 1. The molecule has 0 aromatic heterocycles. The first-order valence-electron chi connectivity index (χ1n) is 8.36. The largest absolute Gasteiger partial charge is 0.497 e. The Kier molecular flexibility index (Phi) is 5.46. The number of hydrogen-bond acceptors (Lipinski definition) is 3. The summed E-state index contributed by atoms with van der Waals surface area (Å²) in [7, 11) is 1.65. The zero-order valence-corrected chi connectivity index (χ0v) is 14.9. The summed E-state index contributed by atoms with van der Waals surface area (Å²) in [6, 6.07) is 16.4. The van der Waals surface area contributed by atoms with Crippen molar-refractivity contribution >= 4 is 17.7 Å². The average molecular weight is 341 g/mol. The molecule has 0 fully saturated rings. The summed E-state index contributed by atoms with van der Waals surface area (Å²) in [5.74, 6) is 0.924. The molecule has 1 aliphatic rings. The molecule has 4 heteroatoms. The molecule has 3 rings (SSSR count). The Morgan fingerprint density at radius 2 is 1.96 bits per heavy atom. The molecule has 126 valence electrons. The minimum absolute atomic E-state index is 0.0949. The van der Waals surface area contributed by atoms with Gasteiger partial charge in [0.2, 0.25) is 5.91 Å². The normalized spacial score (nSPS) is 17.7. The van der Waals surface area contributed by atoms with Gasteiger partial charge in [-0.05, 0) is 61.6 Å². The van der Waals surface area contributed by atoms with E-state index in [0.29, 0.717) is 0 Å². The standard InChI is InChI=1S/C20H23NO2S/c1-14(24-17-12-10-16(23-2)11-13-17)20(22)21-19-9-5-7-15-6-3-4-8-18(15)19/h3-4,6,8,10-14,19H,5,7,9H2,1-2H3,(H,21,22)/t14-,19-/m0/s1. The summed E-state index contributed by atoms with van der Waals surface area (Å²) in [5, 5.41) is 3.10. The molecule has 3 nitrogen and oxygen atoms in total. The van der Waals surface area contributed by atoms with Crippen molar-refractivity contribution in [3.8, 4) is 5.75 Å². The van der Waals surface area contributed by atoms with E-state index in [-0.39, 0.29) is 17.2 Å². The van der Waals surface area contributed by atoms with Crippen LogP contribution in [0.4, 0.5) is 0 Å². The lowest BCUT2D eigenvalue weighted by Crippen LogP contribution is -2.35. The molecule has 2 aromatic rings. The maximum absolute atomic E-state index is 12.6. The fourth-order valence-corrected chi connectivity index (χ4v) is 3.98. The van der Waals surface area contributed by atoms with Gasteiger partial charge in [0.1, 0.15) is 5.75 Å². The van der Waals surface area contributed by atoms with Crippen LogP contribution >= 0.6 is 11.8 Å². The van der Waals surface area contributed by atoms with Crippen LogP contribution in [0.1, 0.15) is 36.9 Å². The van der Waals surface area contributed by atoms with Gasteiger partial charge in [-0.3, -0.25) is 4.79 Å². The van der Waals surface area contributed by atoms with Crippen molar-refractivity contribution < 1.29 is 9.53 Å². The van der Waals surface area contributed by atoms with Crippen molar-refractivity contribution in [3.63, 3.8) is 0 Å². The molecule has 0 aliphatic heterocycles. The number of amides is 1. The van der Waals surface area contributed by atoms with Gasteiger partial charge in [-0.1, -0.05) is 24.3 Å². The van der Waals surface area contributed by atoms with Crippen LogP contribution in [0.3, 0.4) is 0 Å². The molecule has 24 heavy (non-hydrogen) atoms. The number of rotatable bonds is 5. The summed E-state index contributed by atoms with van der Waals surface area (Å²) >= 11 is 1.57. The van der Waals surface area contributed by atoms with E-state index in [1.54, 1.807) is 18.9 Å². The Balaban J connectivity index is 1.62. The molecule has 0 radical (unpaired) electrons. The highest BCUT2D eigenvalue weighted by atomic mass is 32.2. The van der Waals surface area contributed by atoms with Crippen molar-refractivity contribution in [2.24, 2.45) is 0 Å². The fraction of sp³-hybridized carbons (Fsp3) is 0.350. The molecule has 0 bridgehead atoms. The van der Waals surface area contributed by atoms with Crippen molar-refractivity contribution in [3.05, 3.63) is 59.7 Å². The minimum atomic E-state index is -0.132. The fourth-order valence-electron chi connectivity index (χ4n) is 3.10. The van der Waals surface area contributed by atoms with E-state index < -0.39 is 0 Å². The predicted molar refractivity (Wildman–Crippen MR) is 98.6 cm³/mol. The highest BCUT2D eigenvalue weighted by Crippen LogP contribution is 2.31. The van der Waals surface area contributed by atoms with Gasteiger partial charge in [0.05, 0.1) is 18.4 Å². The molecular formula is C20H23NO2S. The van der Waals surface area contributed by atoms with Gasteiger partial charge in [-0.2, -0.15) is 0 Å². The van der Waals surface area contributed by atoms with E-state index >= 15 is 0 Å². The maximum atomic E-state index is 12.6. The third-order valence-electron chi connectivity index (χ3n) is 4.43. The lowest BCUT2D eigenvalue weighted by Gasteiger charge is -2.27. The van der Waals surface area contributed by atoms with Gasteiger partial charge in [0.15, 0.2) is 0 Å². The van der Waals surface area contributed by atoms with Crippen LogP contribution in [-0.4, -0.2) is 18.3 Å². The summed E-state index contributed by atoms with van der Waals surface area (Å²) in [4.78, 5) is 13.7. The monoisotopic (exact) mass is 341 g/mol. The number of benzene rings is 2. The number of carbonyl (C=O) groups is 1. The van der Waals surface area contributed by atoms with Gasteiger partial charge < -0.3 is 10.1 Å². The van der Waals surface area contributed by atoms with Crippen molar-refractivity contribution in [2.75, 3.05) is 7.11 Å². The number of aryl methyl sites for hydroxylation is 1. The van der Waals surface area contributed by atoms with Crippen LogP contribution < -0.4 is 10.1 Å².